The number of alkyl halides is 2. The summed E-state index contributed by atoms with van der Waals surface area (Å²) in [5, 5.41) is 0. The molecule has 1 aromatic heterocycles. The number of benzene rings is 2. The van der Waals surface area contributed by atoms with Crippen molar-refractivity contribution in [2.45, 2.75) is 37.0 Å². The van der Waals surface area contributed by atoms with Crippen LogP contribution in [-0.2, 0) is 6.54 Å². The molecule has 0 aliphatic rings. The summed E-state index contributed by atoms with van der Waals surface area (Å²) >= 11 is 0.376. The topological polar surface area (TPSA) is 101 Å². The summed E-state index contributed by atoms with van der Waals surface area (Å²) in [6.45, 7) is 2.24. The summed E-state index contributed by atoms with van der Waals surface area (Å²) < 4.78 is 26.4. The highest BCUT2D eigenvalue weighted by molar-refractivity contribution is 7.99. The van der Waals surface area contributed by atoms with Crippen molar-refractivity contribution in [2.24, 2.45) is 0 Å². The molecule has 1 amide bonds. The van der Waals surface area contributed by atoms with Crippen LogP contribution >= 0.6 is 11.8 Å². The number of thioether (sulfide) groups is 1. The number of aromatic nitrogens is 2. The van der Waals surface area contributed by atoms with Crippen molar-refractivity contribution in [3.8, 4) is 0 Å². The standard InChI is InChI=1S/C23H24F2N4O3S/c1-2-3-13-28(21(31)16-9-11-17(12-10-16)33-22(24)25)18-19(26)29(23(32)27-20(18)30)14-15-7-5-4-6-8-15/h4-12,22H,2-3,13-14,26H2,1H3,(H,27,30,32). The molecule has 0 radical (unpaired) electrons. The predicted molar refractivity (Wildman–Crippen MR) is 126 cm³/mol. The molecule has 0 fully saturated rings. The Bertz CT molecular complexity index is 1210. The van der Waals surface area contributed by atoms with E-state index in [0.29, 0.717) is 23.1 Å². The van der Waals surface area contributed by atoms with Crippen LogP contribution in [0, 0.1) is 0 Å². The van der Waals surface area contributed by atoms with Gasteiger partial charge in [0.15, 0.2) is 5.69 Å². The average molecular weight is 475 g/mol. The van der Waals surface area contributed by atoms with Crippen LogP contribution < -0.4 is 21.9 Å². The van der Waals surface area contributed by atoms with Crippen LogP contribution in [0.3, 0.4) is 0 Å². The largest absolute Gasteiger partial charge is 0.383 e. The minimum Gasteiger partial charge on any atom is -0.383 e. The Kier molecular flexibility index (Phi) is 8.05. The molecule has 0 aliphatic carbocycles. The molecule has 0 saturated heterocycles. The minimum atomic E-state index is -2.57. The number of amides is 1. The highest BCUT2D eigenvalue weighted by Crippen LogP contribution is 2.26. The van der Waals surface area contributed by atoms with Crippen molar-refractivity contribution >= 4 is 29.2 Å². The van der Waals surface area contributed by atoms with E-state index in [0.717, 1.165) is 12.0 Å². The number of unbranched alkanes of at least 4 members (excludes halogenated alkanes) is 1. The maximum atomic E-state index is 13.3. The number of aromatic amines is 1. The van der Waals surface area contributed by atoms with Crippen molar-refractivity contribution in [1.29, 1.82) is 0 Å². The van der Waals surface area contributed by atoms with E-state index >= 15 is 0 Å². The second-order valence-electron chi connectivity index (χ2n) is 7.28. The van der Waals surface area contributed by atoms with Gasteiger partial charge in [-0.2, -0.15) is 8.78 Å². The first-order valence-corrected chi connectivity index (χ1v) is 11.2. The molecule has 7 nitrogen and oxygen atoms in total. The monoisotopic (exact) mass is 474 g/mol. The van der Waals surface area contributed by atoms with Gasteiger partial charge in [-0.15, -0.1) is 0 Å². The van der Waals surface area contributed by atoms with Gasteiger partial charge >= 0.3 is 5.69 Å². The lowest BCUT2D eigenvalue weighted by atomic mass is 10.1. The minimum absolute atomic E-state index is 0.116. The third kappa shape index (κ3) is 5.89. The van der Waals surface area contributed by atoms with Gasteiger partial charge in [0, 0.05) is 17.0 Å². The normalized spacial score (nSPS) is 11.0. The quantitative estimate of drug-likeness (QED) is 0.458. The summed E-state index contributed by atoms with van der Waals surface area (Å²) in [5.41, 5.74) is 5.71. The number of nitrogens with zero attached hydrogens (tertiary/aromatic N) is 2. The number of hydrogen-bond acceptors (Lipinski definition) is 5. The van der Waals surface area contributed by atoms with Crippen molar-refractivity contribution < 1.29 is 13.6 Å². The molecule has 1 heterocycles. The number of nitrogens with two attached hydrogens (primary N) is 1. The molecule has 3 N–H and O–H groups in total. The van der Waals surface area contributed by atoms with Crippen LogP contribution in [0.1, 0.15) is 35.7 Å². The number of H-pyrrole nitrogens is 1. The molecule has 0 saturated carbocycles. The van der Waals surface area contributed by atoms with Gasteiger partial charge in [0.2, 0.25) is 0 Å². The van der Waals surface area contributed by atoms with Crippen LogP contribution in [0.25, 0.3) is 0 Å². The van der Waals surface area contributed by atoms with E-state index in [2.05, 4.69) is 4.98 Å². The molecular weight excluding hydrogens is 450 g/mol. The van der Waals surface area contributed by atoms with Gasteiger partial charge < -0.3 is 10.6 Å². The maximum absolute atomic E-state index is 13.3. The van der Waals surface area contributed by atoms with E-state index in [-0.39, 0.29) is 30.2 Å². The third-order valence-electron chi connectivity index (χ3n) is 4.97. The smallest absolute Gasteiger partial charge is 0.330 e. The first kappa shape index (κ1) is 24.2. The fraction of sp³-hybridized carbons (Fsp3) is 0.261. The van der Waals surface area contributed by atoms with E-state index < -0.39 is 22.9 Å². The van der Waals surface area contributed by atoms with Gasteiger partial charge in [0.1, 0.15) is 5.82 Å². The molecule has 0 bridgehead atoms. The Labute approximate surface area is 193 Å². The van der Waals surface area contributed by atoms with Gasteiger partial charge in [-0.05, 0) is 36.2 Å². The van der Waals surface area contributed by atoms with Crippen LogP contribution in [0.5, 0.6) is 0 Å². The molecule has 0 atom stereocenters. The SMILES string of the molecule is CCCCN(C(=O)c1ccc(SC(F)F)cc1)c1c(N)n(Cc2ccccc2)c(=O)[nH]c1=O. The molecule has 0 spiro atoms. The zero-order chi connectivity index (χ0) is 24.0. The number of nitrogens with one attached hydrogen (secondary N) is 1. The third-order valence-corrected chi connectivity index (χ3v) is 5.70. The number of nitrogen functional groups attached to an aromatic ring is 1. The molecule has 10 heteroatoms. The lowest BCUT2D eigenvalue weighted by Gasteiger charge is -2.24. The number of halogens is 2. The summed E-state index contributed by atoms with van der Waals surface area (Å²) in [6, 6.07) is 14.8. The van der Waals surface area contributed by atoms with E-state index in [4.69, 9.17) is 5.73 Å². The van der Waals surface area contributed by atoms with Gasteiger partial charge in [-0.3, -0.25) is 19.1 Å². The van der Waals surface area contributed by atoms with Gasteiger partial charge in [0.25, 0.3) is 17.2 Å². The van der Waals surface area contributed by atoms with Crippen LogP contribution in [0.2, 0.25) is 0 Å². The Morgan fingerprint density at radius 1 is 1.12 bits per heavy atom. The highest BCUT2D eigenvalue weighted by atomic mass is 32.2. The van der Waals surface area contributed by atoms with E-state index in [1.165, 1.54) is 33.7 Å². The van der Waals surface area contributed by atoms with Crippen LogP contribution in [-0.4, -0.2) is 27.8 Å². The molecule has 0 unspecified atom stereocenters. The number of carbonyl (C=O) groups is 1. The summed E-state index contributed by atoms with van der Waals surface area (Å²) in [7, 11) is 0. The van der Waals surface area contributed by atoms with E-state index in [1.807, 2.05) is 37.3 Å². The lowest BCUT2D eigenvalue weighted by Crippen LogP contribution is -2.41. The summed E-state index contributed by atoms with van der Waals surface area (Å²) in [6.07, 6.45) is 1.33. The average Bonchev–Trinajstić information content (AvgIpc) is 2.79. The van der Waals surface area contributed by atoms with Gasteiger partial charge in [0.05, 0.1) is 6.54 Å². The number of rotatable bonds is 9. The molecule has 3 aromatic rings. The second-order valence-corrected chi connectivity index (χ2v) is 8.34. The first-order chi connectivity index (χ1) is 15.8. The second kappa shape index (κ2) is 11.0. The zero-order valence-electron chi connectivity index (χ0n) is 18.0. The van der Waals surface area contributed by atoms with Crippen molar-refractivity contribution in [3.63, 3.8) is 0 Å². The number of hydrogen-bond donors (Lipinski definition) is 2. The lowest BCUT2D eigenvalue weighted by molar-refractivity contribution is 0.0986. The van der Waals surface area contributed by atoms with E-state index in [1.54, 1.807) is 0 Å². The fourth-order valence-electron chi connectivity index (χ4n) is 3.33. The highest BCUT2D eigenvalue weighted by Gasteiger charge is 2.25. The zero-order valence-corrected chi connectivity index (χ0v) is 18.8. The first-order valence-electron chi connectivity index (χ1n) is 10.3. The molecule has 2 aromatic carbocycles. The predicted octanol–water partition coefficient (Wildman–Crippen LogP) is 3.93. The Morgan fingerprint density at radius 2 is 1.79 bits per heavy atom. The number of anilines is 2. The molecule has 174 valence electrons. The fourth-order valence-corrected chi connectivity index (χ4v) is 3.83. The van der Waals surface area contributed by atoms with Crippen molar-refractivity contribution in [1.82, 2.24) is 9.55 Å². The van der Waals surface area contributed by atoms with Crippen molar-refractivity contribution in [2.75, 3.05) is 17.2 Å². The molecule has 3 rings (SSSR count). The molecule has 0 aliphatic heterocycles. The molecule has 33 heavy (non-hydrogen) atoms. The van der Waals surface area contributed by atoms with Crippen LogP contribution in [0.4, 0.5) is 20.3 Å². The Balaban J connectivity index is 2.03. The number of carbonyl (C=O) groups excluding carboxylic acids is 1. The van der Waals surface area contributed by atoms with Gasteiger partial charge in [-0.1, -0.05) is 55.4 Å². The maximum Gasteiger partial charge on any atom is 0.330 e. The summed E-state index contributed by atoms with van der Waals surface area (Å²) in [4.78, 5) is 42.4. The Hall–Kier alpha value is -3.40. The van der Waals surface area contributed by atoms with E-state index in [9.17, 15) is 23.2 Å². The summed E-state index contributed by atoms with van der Waals surface area (Å²) in [5.74, 6) is -3.21. The van der Waals surface area contributed by atoms with Crippen molar-refractivity contribution in [3.05, 3.63) is 86.6 Å². The van der Waals surface area contributed by atoms with Crippen LogP contribution in [0.15, 0.2) is 69.1 Å². The Morgan fingerprint density at radius 3 is 2.39 bits per heavy atom. The molecular formula is C23H24F2N4O3S. The van der Waals surface area contributed by atoms with Gasteiger partial charge in [-0.25, -0.2) is 4.79 Å².